The third kappa shape index (κ3) is 5.45. The van der Waals surface area contributed by atoms with Crippen LogP contribution in [0.1, 0.15) is 85.1 Å². The van der Waals surface area contributed by atoms with E-state index in [1.165, 1.54) is 64.0 Å². The Kier molecular flexibility index (Phi) is 7.90. The van der Waals surface area contributed by atoms with Gasteiger partial charge in [-0.15, -0.1) is 12.4 Å². The molecule has 1 aromatic rings. The fourth-order valence-electron chi connectivity index (χ4n) is 6.32. The maximum Gasteiger partial charge on any atom is 0.0402 e. The molecule has 0 unspecified atom stereocenters. The lowest BCUT2D eigenvalue weighted by atomic mass is 9.60. The van der Waals surface area contributed by atoms with E-state index in [-0.39, 0.29) is 12.4 Å². The topological polar surface area (TPSA) is 6.48 Å². The van der Waals surface area contributed by atoms with Crippen LogP contribution in [0, 0.1) is 10.8 Å². The number of hydrogen-bond acceptors (Lipinski definition) is 2. The minimum Gasteiger partial charge on any atom is -0.369 e. The fourth-order valence-corrected chi connectivity index (χ4v) is 6.32. The first-order valence-electron chi connectivity index (χ1n) is 11.3. The summed E-state index contributed by atoms with van der Waals surface area (Å²) in [5.74, 6) is 0.692. The Morgan fingerprint density at radius 1 is 0.893 bits per heavy atom. The molecule has 28 heavy (non-hydrogen) atoms. The molecule has 3 heteroatoms. The van der Waals surface area contributed by atoms with Gasteiger partial charge in [0, 0.05) is 37.9 Å². The summed E-state index contributed by atoms with van der Waals surface area (Å²) in [5.41, 5.74) is 4.00. The van der Waals surface area contributed by atoms with Gasteiger partial charge in [0.05, 0.1) is 0 Å². The second kappa shape index (κ2) is 9.39. The summed E-state index contributed by atoms with van der Waals surface area (Å²) in [7, 11) is 0. The molecule has 0 spiro atoms. The van der Waals surface area contributed by atoms with Crippen LogP contribution in [0.4, 0.5) is 5.69 Å². The largest absolute Gasteiger partial charge is 0.369 e. The van der Waals surface area contributed by atoms with Crippen LogP contribution < -0.4 is 4.90 Å². The number of benzene rings is 1. The second-order valence-electron chi connectivity index (χ2n) is 10.7. The molecule has 0 aromatic heterocycles. The molecule has 0 amide bonds. The van der Waals surface area contributed by atoms with Crippen molar-refractivity contribution in [3.8, 4) is 0 Å². The van der Waals surface area contributed by atoms with Gasteiger partial charge in [0.15, 0.2) is 0 Å². The Bertz CT molecular complexity index is 597. The Morgan fingerprint density at radius 2 is 1.43 bits per heavy atom. The predicted octanol–water partition coefficient (Wildman–Crippen LogP) is 6.74. The van der Waals surface area contributed by atoms with Gasteiger partial charge in [-0.25, -0.2) is 0 Å². The Morgan fingerprint density at radius 3 is 1.96 bits per heavy atom. The Hall–Kier alpha value is -0.730. The highest BCUT2D eigenvalue weighted by Gasteiger charge is 2.39. The molecule has 0 bridgehead atoms. The molecule has 1 aliphatic carbocycles. The van der Waals surface area contributed by atoms with Crippen molar-refractivity contribution in [3.05, 3.63) is 29.8 Å². The van der Waals surface area contributed by atoms with E-state index in [1.807, 2.05) is 0 Å². The van der Waals surface area contributed by atoms with Crippen LogP contribution >= 0.6 is 12.4 Å². The van der Waals surface area contributed by atoms with Gasteiger partial charge < -0.3 is 4.90 Å². The van der Waals surface area contributed by atoms with Crippen LogP contribution in [0.15, 0.2) is 24.3 Å². The average molecular weight is 407 g/mol. The van der Waals surface area contributed by atoms with Gasteiger partial charge in [0.25, 0.3) is 0 Å². The molecule has 1 aromatic carbocycles. The third-order valence-corrected chi connectivity index (χ3v) is 7.05. The molecule has 1 saturated carbocycles. The van der Waals surface area contributed by atoms with E-state index in [0.717, 1.165) is 6.04 Å². The van der Waals surface area contributed by atoms with Gasteiger partial charge in [0.2, 0.25) is 0 Å². The lowest BCUT2D eigenvalue weighted by molar-refractivity contribution is 0.0969. The lowest BCUT2D eigenvalue weighted by Crippen LogP contribution is -2.50. The van der Waals surface area contributed by atoms with Gasteiger partial charge in [-0.1, -0.05) is 59.7 Å². The summed E-state index contributed by atoms with van der Waals surface area (Å²) in [6.45, 7) is 19.3. The Labute approximate surface area is 180 Å². The zero-order valence-electron chi connectivity index (χ0n) is 19.1. The molecular weight excluding hydrogens is 364 g/mol. The van der Waals surface area contributed by atoms with Gasteiger partial charge in [-0.05, 0) is 60.5 Å². The van der Waals surface area contributed by atoms with E-state index < -0.39 is 0 Å². The first kappa shape index (κ1) is 23.5. The number of nitrogens with zero attached hydrogens (tertiary/aromatic N) is 2. The second-order valence-corrected chi connectivity index (χ2v) is 10.7. The number of piperazine rings is 1. The highest BCUT2D eigenvalue weighted by Crippen LogP contribution is 2.53. The maximum atomic E-state index is 2.71. The molecule has 1 heterocycles. The quantitative estimate of drug-likeness (QED) is 0.534. The van der Waals surface area contributed by atoms with Gasteiger partial charge >= 0.3 is 0 Å². The standard InChI is InChI=1S/C25H42N2.ClH/c1-7-21(8-2)26-13-15-27(16-14-26)23-12-10-9-11-22(23)20-17-24(3,4)19-25(5,6)18-20;/h9-12,20-21H,7-8,13-19H2,1-6H3;1H. The molecule has 1 aliphatic heterocycles. The van der Waals surface area contributed by atoms with E-state index in [0.29, 0.717) is 16.7 Å². The van der Waals surface area contributed by atoms with E-state index in [4.69, 9.17) is 0 Å². The minimum atomic E-state index is 0. The van der Waals surface area contributed by atoms with Crippen molar-refractivity contribution in [1.82, 2.24) is 4.90 Å². The average Bonchev–Trinajstić information content (AvgIpc) is 2.61. The van der Waals surface area contributed by atoms with Gasteiger partial charge in [0.1, 0.15) is 0 Å². The van der Waals surface area contributed by atoms with Crippen LogP contribution in [0.25, 0.3) is 0 Å². The zero-order valence-corrected chi connectivity index (χ0v) is 19.9. The van der Waals surface area contributed by atoms with Crippen molar-refractivity contribution in [3.63, 3.8) is 0 Å². The van der Waals surface area contributed by atoms with Crippen molar-refractivity contribution in [2.24, 2.45) is 10.8 Å². The van der Waals surface area contributed by atoms with Crippen LogP contribution in [0.5, 0.6) is 0 Å². The smallest absolute Gasteiger partial charge is 0.0402 e. The van der Waals surface area contributed by atoms with E-state index in [9.17, 15) is 0 Å². The summed E-state index contributed by atoms with van der Waals surface area (Å²) in [6.07, 6.45) is 6.54. The Balaban J connectivity index is 0.00000280. The zero-order chi connectivity index (χ0) is 19.7. The third-order valence-electron chi connectivity index (χ3n) is 7.05. The summed E-state index contributed by atoms with van der Waals surface area (Å²) in [5, 5.41) is 0. The molecule has 2 fully saturated rings. The van der Waals surface area contributed by atoms with Crippen LogP contribution in [0.2, 0.25) is 0 Å². The summed E-state index contributed by atoms with van der Waals surface area (Å²) >= 11 is 0. The van der Waals surface area contributed by atoms with Crippen molar-refractivity contribution in [1.29, 1.82) is 0 Å². The molecule has 0 N–H and O–H groups in total. The van der Waals surface area contributed by atoms with Crippen molar-refractivity contribution < 1.29 is 0 Å². The van der Waals surface area contributed by atoms with Crippen molar-refractivity contribution >= 4 is 18.1 Å². The molecular formula is C25H43ClN2. The van der Waals surface area contributed by atoms with E-state index in [2.05, 4.69) is 75.6 Å². The lowest BCUT2D eigenvalue weighted by Gasteiger charge is -2.46. The van der Waals surface area contributed by atoms with E-state index >= 15 is 0 Å². The van der Waals surface area contributed by atoms with Crippen molar-refractivity contribution in [2.45, 2.75) is 85.6 Å². The number of rotatable bonds is 5. The van der Waals surface area contributed by atoms with E-state index in [1.54, 1.807) is 5.56 Å². The first-order chi connectivity index (χ1) is 12.7. The maximum absolute atomic E-state index is 2.71. The SMILES string of the molecule is CCC(CC)N1CCN(c2ccccc2C2CC(C)(C)CC(C)(C)C2)CC1.Cl. The molecule has 3 rings (SSSR count). The molecule has 0 radical (unpaired) electrons. The van der Waals surface area contributed by atoms with Crippen molar-refractivity contribution in [2.75, 3.05) is 31.1 Å². The van der Waals surface area contributed by atoms with Gasteiger partial charge in [-0.2, -0.15) is 0 Å². The number of hydrogen-bond donors (Lipinski definition) is 0. The summed E-state index contributed by atoms with van der Waals surface area (Å²) in [4.78, 5) is 5.38. The summed E-state index contributed by atoms with van der Waals surface area (Å²) in [6, 6.07) is 10.1. The monoisotopic (exact) mass is 406 g/mol. The number of halogens is 1. The molecule has 2 aliphatic rings. The molecule has 0 atom stereocenters. The number of para-hydroxylation sites is 1. The minimum absolute atomic E-state index is 0. The van der Waals surface area contributed by atoms with Crippen LogP contribution in [-0.2, 0) is 0 Å². The van der Waals surface area contributed by atoms with Gasteiger partial charge in [-0.3, -0.25) is 4.90 Å². The first-order valence-corrected chi connectivity index (χ1v) is 11.3. The molecule has 2 nitrogen and oxygen atoms in total. The highest BCUT2D eigenvalue weighted by atomic mass is 35.5. The number of anilines is 1. The predicted molar refractivity (Wildman–Crippen MR) is 126 cm³/mol. The molecule has 1 saturated heterocycles. The summed E-state index contributed by atoms with van der Waals surface area (Å²) < 4.78 is 0. The van der Waals surface area contributed by atoms with Crippen LogP contribution in [-0.4, -0.2) is 37.1 Å². The molecule has 160 valence electrons. The highest BCUT2D eigenvalue weighted by molar-refractivity contribution is 5.85. The normalized spacial score (nSPS) is 22.9. The fraction of sp³-hybridized carbons (Fsp3) is 0.760. The van der Waals surface area contributed by atoms with Crippen LogP contribution in [0.3, 0.4) is 0 Å².